The monoisotopic (exact) mass is 571 g/mol. The lowest BCUT2D eigenvalue weighted by Gasteiger charge is -2.32. The Labute approximate surface area is 209 Å². The highest BCUT2D eigenvalue weighted by Gasteiger charge is 2.29. The van der Waals surface area contributed by atoms with Gasteiger partial charge in [0, 0.05) is 46.3 Å². The maximum Gasteiger partial charge on any atom is 0.243 e. The minimum atomic E-state index is -3.53. The summed E-state index contributed by atoms with van der Waals surface area (Å²) in [6.07, 6.45) is 0. The second-order valence-corrected chi connectivity index (χ2v) is 9.93. The van der Waals surface area contributed by atoms with Crippen molar-refractivity contribution in [3.8, 4) is 0 Å². The summed E-state index contributed by atoms with van der Waals surface area (Å²) in [5.74, 6) is 0.631. The first kappa shape index (κ1) is 26.6. The van der Waals surface area contributed by atoms with Crippen LogP contribution in [0.5, 0.6) is 0 Å². The van der Waals surface area contributed by atoms with E-state index in [1.165, 1.54) is 16.7 Å². The second-order valence-electron chi connectivity index (χ2n) is 8.02. The largest absolute Gasteiger partial charge is 0.352 e. The summed E-state index contributed by atoms with van der Waals surface area (Å²) in [6.45, 7) is 7.71. The molecule has 2 N–H and O–H groups in total. The number of aryl methyl sites for hydroxylation is 2. The van der Waals surface area contributed by atoms with Crippen molar-refractivity contribution >= 4 is 40.0 Å². The maximum atomic E-state index is 13.2. The molecule has 2 aromatic rings. The number of rotatable bonds is 6. The molecule has 0 aliphatic carbocycles. The molecule has 1 heterocycles. The minimum Gasteiger partial charge on any atom is -0.352 e. The Morgan fingerprint density at radius 1 is 0.969 bits per heavy atom. The van der Waals surface area contributed by atoms with Crippen molar-refractivity contribution in [2.75, 3.05) is 40.3 Å². The summed E-state index contributed by atoms with van der Waals surface area (Å²) in [5.41, 5.74) is 4.40. The van der Waals surface area contributed by atoms with Crippen molar-refractivity contribution in [1.29, 1.82) is 0 Å². The SMILES string of the molecule is CN=C(NCc1ccc(C)cc1C)NCc1ccccc1S(=O)(=O)N1CCN(C)CC1.I. The van der Waals surface area contributed by atoms with E-state index in [0.717, 1.165) is 18.7 Å². The van der Waals surface area contributed by atoms with Gasteiger partial charge in [0.25, 0.3) is 0 Å². The lowest BCUT2D eigenvalue weighted by molar-refractivity contribution is 0.222. The van der Waals surface area contributed by atoms with Crippen molar-refractivity contribution in [3.63, 3.8) is 0 Å². The number of halogens is 1. The summed E-state index contributed by atoms with van der Waals surface area (Å²) in [5, 5.41) is 6.57. The lowest BCUT2D eigenvalue weighted by atomic mass is 10.1. The molecular formula is C23H34IN5O2S. The number of nitrogens with one attached hydrogen (secondary N) is 2. The Morgan fingerprint density at radius 3 is 2.22 bits per heavy atom. The van der Waals surface area contributed by atoms with Crippen molar-refractivity contribution in [3.05, 3.63) is 64.7 Å². The molecule has 0 unspecified atom stereocenters. The van der Waals surface area contributed by atoms with Crippen molar-refractivity contribution in [2.24, 2.45) is 4.99 Å². The minimum absolute atomic E-state index is 0. The van der Waals surface area contributed by atoms with E-state index in [1.54, 1.807) is 23.5 Å². The van der Waals surface area contributed by atoms with Gasteiger partial charge in [-0.25, -0.2) is 8.42 Å². The van der Waals surface area contributed by atoms with Crippen LogP contribution in [-0.4, -0.2) is 63.9 Å². The lowest BCUT2D eigenvalue weighted by Crippen LogP contribution is -2.47. The van der Waals surface area contributed by atoms with E-state index in [-0.39, 0.29) is 24.0 Å². The molecule has 0 saturated carbocycles. The van der Waals surface area contributed by atoms with Gasteiger partial charge in [-0.15, -0.1) is 24.0 Å². The van der Waals surface area contributed by atoms with Crippen LogP contribution in [0.1, 0.15) is 22.3 Å². The predicted octanol–water partition coefficient (Wildman–Crippen LogP) is 2.72. The molecule has 0 amide bonds. The molecule has 0 atom stereocenters. The summed E-state index contributed by atoms with van der Waals surface area (Å²) in [4.78, 5) is 6.79. The predicted molar refractivity (Wildman–Crippen MR) is 141 cm³/mol. The van der Waals surface area contributed by atoms with Crippen LogP contribution in [0, 0.1) is 13.8 Å². The van der Waals surface area contributed by atoms with Gasteiger partial charge in [0.2, 0.25) is 10.0 Å². The molecule has 1 aliphatic heterocycles. The zero-order valence-corrected chi connectivity index (χ0v) is 22.4. The zero-order chi connectivity index (χ0) is 22.4. The van der Waals surface area contributed by atoms with Crippen LogP contribution >= 0.6 is 24.0 Å². The fourth-order valence-electron chi connectivity index (χ4n) is 3.69. The van der Waals surface area contributed by atoms with Gasteiger partial charge in [-0.05, 0) is 43.7 Å². The van der Waals surface area contributed by atoms with Gasteiger partial charge in [0.15, 0.2) is 5.96 Å². The van der Waals surface area contributed by atoms with Crippen LogP contribution in [0.15, 0.2) is 52.4 Å². The molecule has 2 aromatic carbocycles. The highest BCUT2D eigenvalue weighted by molar-refractivity contribution is 14.0. The number of benzene rings is 2. The van der Waals surface area contributed by atoms with Crippen molar-refractivity contribution in [2.45, 2.75) is 31.8 Å². The summed E-state index contributed by atoms with van der Waals surface area (Å²) < 4.78 is 28.1. The van der Waals surface area contributed by atoms with Crippen molar-refractivity contribution < 1.29 is 8.42 Å². The molecule has 0 radical (unpaired) electrons. The first-order valence-corrected chi connectivity index (χ1v) is 12.0. The molecule has 1 fully saturated rings. The Bertz CT molecular complexity index is 1030. The van der Waals surface area contributed by atoms with E-state index >= 15 is 0 Å². The number of sulfonamides is 1. The quantitative estimate of drug-likeness (QED) is 0.317. The van der Waals surface area contributed by atoms with E-state index in [2.05, 4.69) is 52.6 Å². The highest BCUT2D eigenvalue weighted by Crippen LogP contribution is 2.21. The maximum absolute atomic E-state index is 13.2. The fourth-order valence-corrected chi connectivity index (χ4v) is 5.34. The van der Waals surface area contributed by atoms with E-state index in [1.807, 2.05) is 19.2 Å². The molecule has 1 aliphatic rings. The van der Waals surface area contributed by atoms with Gasteiger partial charge in [-0.2, -0.15) is 4.31 Å². The van der Waals surface area contributed by atoms with E-state index in [9.17, 15) is 8.42 Å². The smallest absolute Gasteiger partial charge is 0.243 e. The molecule has 0 aromatic heterocycles. The first-order valence-electron chi connectivity index (χ1n) is 10.6. The highest BCUT2D eigenvalue weighted by atomic mass is 127. The fraction of sp³-hybridized carbons (Fsp3) is 0.435. The first-order chi connectivity index (χ1) is 14.8. The normalized spacial score (nSPS) is 15.8. The topological polar surface area (TPSA) is 77.0 Å². The standard InChI is InChI=1S/C23H33N5O2S.HI/c1-18-9-10-20(19(2)15-18)16-25-23(24-3)26-17-21-7-5-6-8-22(21)31(29,30)28-13-11-27(4)12-14-28;/h5-10,15H,11-14,16-17H2,1-4H3,(H2,24,25,26);1H. The molecule has 3 rings (SSSR count). The van der Waals surface area contributed by atoms with Gasteiger partial charge in [-0.3, -0.25) is 4.99 Å². The van der Waals surface area contributed by atoms with Gasteiger partial charge in [0.1, 0.15) is 0 Å². The van der Waals surface area contributed by atoms with E-state index in [4.69, 9.17) is 0 Å². The molecule has 32 heavy (non-hydrogen) atoms. The number of aliphatic imine (C=N–C) groups is 1. The molecule has 7 nitrogen and oxygen atoms in total. The van der Waals surface area contributed by atoms with Crippen LogP contribution in [0.4, 0.5) is 0 Å². The molecule has 9 heteroatoms. The van der Waals surface area contributed by atoms with Crippen LogP contribution < -0.4 is 10.6 Å². The second kappa shape index (κ2) is 12.0. The van der Waals surface area contributed by atoms with Crippen LogP contribution in [0.25, 0.3) is 0 Å². The molecular weight excluding hydrogens is 537 g/mol. The molecule has 176 valence electrons. The Balaban J connectivity index is 0.00000363. The summed E-state index contributed by atoms with van der Waals surface area (Å²) in [6, 6.07) is 13.6. The number of nitrogens with zero attached hydrogens (tertiary/aromatic N) is 3. The number of piperazine rings is 1. The number of hydrogen-bond donors (Lipinski definition) is 2. The van der Waals surface area contributed by atoms with Gasteiger partial charge in [-0.1, -0.05) is 42.0 Å². The average molecular weight is 572 g/mol. The number of likely N-dealkylation sites (N-methyl/N-ethyl adjacent to an activating group) is 1. The Hall–Kier alpha value is -1.69. The number of guanidine groups is 1. The van der Waals surface area contributed by atoms with Crippen LogP contribution in [-0.2, 0) is 23.1 Å². The zero-order valence-electron chi connectivity index (χ0n) is 19.3. The van der Waals surface area contributed by atoms with E-state index in [0.29, 0.717) is 37.0 Å². The average Bonchev–Trinajstić information content (AvgIpc) is 2.75. The molecule has 0 spiro atoms. The van der Waals surface area contributed by atoms with Gasteiger partial charge < -0.3 is 15.5 Å². The summed E-state index contributed by atoms with van der Waals surface area (Å²) >= 11 is 0. The van der Waals surface area contributed by atoms with Crippen LogP contribution in [0.2, 0.25) is 0 Å². The molecule has 1 saturated heterocycles. The van der Waals surface area contributed by atoms with Gasteiger partial charge >= 0.3 is 0 Å². The van der Waals surface area contributed by atoms with E-state index < -0.39 is 10.0 Å². The van der Waals surface area contributed by atoms with Crippen LogP contribution in [0.3, 0.4) is 0 Å². The Kier molecular flexibility index (Phi) is 9.93. The Morgan fingerprint density at radius 2 is 1.59 bits per heavy atom. The number of hydrogen-bond acceptors (Lipinski definition) is 4. The summed E-state index contributed by atoms with van der Waals surface area (Å²) in [7, 11) is 0.196. The van der Waals surface area contributed by atoms with Gasteiger partial charge in [0.05, 0.1) is 4.90 Å². The third kappa shape index (κ3) is 6.66. The third-order valence-electron chi connectivity index (χ3n) is 5.67. The van der Waals surface area contributed by atoms with Crippen molar-refractivity contribution in [1.82, 2.24) is 19.8 Å². The molecule has 0 bridgehead atoms. The third-order valence-corrected chi connectivity index (χ3v) is 7.67.